The van der Waals surface area contributed by atoms with Crippen LogP contribution in [0.1, 0.15) is 50.8 Å². The zero-order chi connectivity index (χ0) is 26.9. The summed E-state index contributed by atoms with van der Waals surface area (Å²) in [5, 5.41) is 0. The zero-order valence-electron chi connectivity index (χ0n) is 22.7. The van der Waals surface area contributed by atoms with Crippen LogP contribution >= 0.6 is 0 Å². The van der Waals surface area contributed by atoms with E-state index < -0.39 is 0 Å². The van der Waals surface area contributed by atoms with Gasteiger partial charge < -0.3 is 23.8 Å². The number of nitrogens with zero attached hydrogens (tertiary/aromatic N) is 1. The molecule has 0 radical (unpaired) electrons. The first-order chi connectivity index (χ1) is 18.5. The van der Waals surface area contributed by atoms with Crippen molar-refractivity contribution >= 4 is 17.1 Å². The van der Waals surface area contributed by atoms with E-state index in [-0.39, 0.29) is 18.9 Å². The second kappa shape index (κ2) is 13.2. The first-order valence-electron chi connectivity index (χ1n) is 13.3. The van der Waals surface area contributed by atoms with E-state index in [0.717, 1.165) is 59.0 Å². The SMILES string of the molecule is CCC(=C(c1ccccc1)c1ccc(OCC(CN(CC)CC)OC(C)=O)cc1)c1ccc2c(c1)OCO2. The Morgan fingerprint density at radius 1 is 0.868 bits per heavy atom. The van der Waals surface area contributed by atoms with Crippen molar-refractivity contribution in [3.63, 3.8) is 0 Å². The lowest BCUT2D eigenvalue weighted by atomic mass is 9.88. The van der Waals surface area contributed by atoms with E-state index in [4.69, 9.17) is 18.9 Å². The van der Waals surface area contributed by atoms with Crippen molar-refractivity contribution in [3.8, 4) is 17.2 Å². The molecule has 3 aromatic carbocycles. The van der Waals surface area contributed by atoms with Gasteiger partial charge in [-0.3, -0.25) is 4.79 Å². The molecule has 0 aromatic heterocycles. The lowest BCUT2D eigenvalue weighted by Gasteiger charge is -2.25. The van der Waals surface area contributed by atoms with E-state index in [1.54, 1.807) is 0 Å². The average Bonchev–Trinajstić information content (AvgIpc) is 3.42. The van der Waals surface area contributed by atoms with Gasteiger partial charge in [-0.1, -0.05) is 69.3 Å². The van der Waals surface area contributed by atoms with Crippen molar-refractivity contribution < 1.29 is 23.7 Å². The van der Waals surface area contributed by atoms with E-state index >= 15 is 0 Å². The minimum absolute atomic E-state index is 0.254. The minimum atomic E-state index is -0.329. The topological polar surface area (TPSA) is 57.2 Å². The summed E-state index contributed by atoms with van der Waals surface area (Å²) in [6.07, 6.45) is 0.516. The van der Waals surface area contributed by atoms with Gasteiger partial charge in [0.1, 0.15) is 18.5 Å². The molecule has 0 saturated heterocycles. The Kier molecular flexibility index (Phi) is 9.44. The Hall–Kier alpha value is -3.77. The molecule has 4 rings (SSSR count). The van der Waals surface area contributed by atoms with Gasteiger partial charge in [0.2, 0.25) is 6.79 Å². The predicted molar refractivity (Wildman–Crippen MR) is 150 cm³/mol. The number of ether oxygens (including phenoxy) is 4. The Morgan fingerprint density at radius 2 is 1.53 bits per heavy atom. The fraction of sp³-hybridized carbons (Fsp3) is 0.344. The van der Waals surface area contributed by atoms with Crippen molar-refractivity contribution in [2.45, 2.75) is 40.2 Å². The number of esters is 1. The molecule has 0 saturated carbocycles. The van der Waals surface area contributed by atoms with Crippen LogP contribution in [0.4, 0.5) is 0 Å². The van der Waals surface area contributed by atoms with Gasteiger partial charge in [0.25, 0.3) is 0 Å². The summed E-state index contributed by atoms with van der Waals surface area (Å²) >= 11 is 0. The predicted octanol–water partition coefficient (Wildman–Crippen LogP) is 6.44. The number of hydrogen-bond acceptors (Lipinski definition) is 6. The number of carbonyl (C=O) groups is 1. The van der Waals surface area contributed by atoms with Gasteiger partial charge in [-0.25, -0.2) is 0 Å². The van der Waals surface area contributed by atoms with E-state index in [1.807, 2.05) is 24.3 Å². The van der Waals surface area contributed by atoms with E-state index in [9.17, 15) is 4.79 Å². The molecule has 6 nitrogen and oxygen atoms in total. The van der Waals surface area contributed by atoms with Crippen LogP contribution in [0.15, 0.2) is 72.8 Å². The maximum atomic E-state index is 11.6. The zero-order valence-corrected chi connectivity index (χ0v) is 22.7. The summed E-state index contributed by atoms with van der Waals surface area (Å²) in [5.41, 5.74) is 5.73. The Labute approximate surface area is 225 Å². The van der Waals surface area contributed by atoms with Crippen LogP contribution in [0.2, 0.25) is 0 Å². The molecule has 0 amide bonds. The van der Waals surface area contributed by atoms with Crippen LogP contribution < -0.4 is 14.2 Å². The molecule has 0 fully saturated rings. The lowest BCUT2D eigenvalue weighted by Crippen LogP contribution is -2.38. The Morgan fingerprint density at radius 3 is 2.18 bits per heavy atom. The number of fused-ring (bicyclic) bond motifs is 1. The van der Waals surface area contributed by atoms with E-state index in [2.05, 4.69) is 74.2 Å². The maximum absolute atomic E-state index is 11.6. The van der Waals surface area contributed by atoms with Gasteiger partial charge in [0.15, 0.2) is 11.5 Å². The number of allylic oxidation sites excluding steroid dienone is 1. The molecule has 0 N–H and O–H groups in total. The first kappa shape index (κ1) is 27.3. The van der Waals surface area contributed by atoms with Crippen molar-refractivity contribution in [2.24, 2.45) is 0 Å². The molecular weight excluding hydrogens is 478 g/mol. The van der Waals surface area contributed by atoms with Crippen LogP contribution in [-0.2, 0) is 9.53 Å². The van der Waals surface area contributed by atoms with E-state index in [0.29, 0.717) is 13.2 Å². The third kappa shape index (κ3) is 6.75. The summed E-state index contributed by atoms with van der Waals surface area (Å²) in [6.45, 7) is 10.8. The maximum Gasteiger partial charge on any atom is 0.303 e. The molecule has 1 atom stereocenters. The Balaban J connectivity index is 1.61. The summed E-state index contributed by atoms with van der Waals surface area (Å²) in [6, 6.07) is 24.7. The van der Waals surface area contributed by atoms with Gasteiger partial charge in [0.05, 0.1) is 0 Å². The molecule has 1 unspecified atom stereocenters. The van der Waals surface area contributed by atoms with Crippen molar-refractivity contribution in [3.05, 3.63) is 89.5 Å². The van der Waals surface area contributed by atoms with Gasteiger partial charge in [-0.2, -0.15) is 0 Å². The van der Waals surface area contributed by atoms with Gasteiger partial charge in [-0.05, 0) is 71.6 Å². The van der Waals surface area contributed by atoms with Crippen LogP contribution in [0.25, 0.3) is 11.1 Å². The lowest BCUT2D eigenvalue weighted by molar-refractivity contribution is -0.148. The molecule has 38 heavy (non-hydrogen) atoms. The van der Waals surface area contributed by atoms with Crippen LogP contribution in [0.5, 0.6) is 17.2 Å². The number of carbonyl (C=O) groups excluding carboxylic acids is 1. The third-order valence-corrected chi connectivity index (χ3v) is 6.71. The molecule has 3 aromatic rings. The second-order valence-electron chi connectivity index (χ2n) is 9.19. The summed E-state index contributed by atoms with van der Waals surface area (Å²) in [4.78, 5) is 13.9. The minimum Gasteiger partial charge on any atom is -0.490 e. The fourth-order valence-corrected chi connectivity index (χ4v) is 4.76. The van der Waals surface area contributed by atoms with Crippen molar-refractivity contribution in [1.29, 1.82) is 0 Å². The van der Waals surface area contributed by atoms with Crippen molar-refractivity contribution in [2.75, 3.05) is 33.0 Å². The Bertz CT molecular complexity index is 1230. The smallest absolute Gasteiger partial charge is 0.303 e. The highest BCUT2D eigenvalue weighted by molar-refractivity contribution is 5.98. The molecular formula is C32H37NO5. The second-order valence-corrected chi connectivity index (χ2v) is 9.19. The molecule has 1 aliphatic heterocycles. The van der Waals surface area contributed by atoms with E-state index in [1.165, 1.54) is 12.5 Å². The van der Waals surface area contributed by atoms with Gasteiger partial charge >= 0.3 is 5.97 Å². The average molecular weight is 516 g/mol. The molecule has 200 valence electrons. The summed E-state index contributed by atoms with van der Waals surface area (Å²) in [5.74, 6) is 1.99. The number of benzene rings is 3. The number of hydrogen-bond donors (Lipinski definition) is 0. The van der Waals surface area contributed by atoms with Gasteiger partial charge in [0, 0.05) is 13.5 Å². The summed E-state index contributed by atoms with van der Waals surface area (Å²) < 4.78 is 22.8. The standard InChI is InChI=1S/C32H37NO5/c1-5-29(26-15-18-30-31(19-26)37-22-36-30)32(24-11-9-8-10-12-24)25-13-16-27(17-14-25)35-21-28(38-23(4)34)20-33(6-2)7-3/h8-19,28H,5-7,20-22H2,1-4H3. The number of rotatable bonds is 12. The third-order valence-electron chi connectivity index (χ3n) is 6.71. The quantitative estimate of drug-likeness (QED) is 0.204. The van der Waals surface area contributed by atoms with Crippen LogP contribution in [0.3, 0.4) is 0 Å². The molecule has 6 heteroatoms. The molecule has 1 heterocycles. The van der Waals surface area contributed by atoms with Crippen LogP contribution in [-0.4, -0.2) is 50.0 Å². The highest BCUT2D eigenvalue weighted by atomic mass is 16.7. The van der Waals surface area contributed by atoms with Gasteiger partial charge in [-0.15, -0.1) is 0 Å². The largest absolute Gasteiger partial charge is 0.490 e. The molecule has 0 aliphatic carbocycles. The molecule has 0 spiro atoms. The molecule has 1 aliphatic rings. The fourth-order valence-electron chi connectivity index (χ4n) is 4.76. The van der Waals surface area contributed by atoms with Crippen LogP contribution in [0, 0.1) is 0 Å². The highest BCUT2D eigenvalue weighted by Gasteiger charge is 2.19. The van der Waals surface area contributed by atoms with Crippen molar-refractivity contribution in [1.82, 2.24) is 4.90 Å². The highest BCUT2D eigenvalue weighted by Crippen LogP contribution is 2.39. The normalized spacial score (nSPS) is 13.7. The monoisotopic (exact) mass is 515 g/mol. The number of likely N-dealkylation sites (N-methyl/N-ethyl adjacent to an activating group) is 1. The first-order valence-corrected chi connectivity index (χ1v) is 13.3. The molecule has 0 bridgehead atoms. The summed E-state index contributed by atoms with van der Waals surface area (Å²) in [7, 11) is 0.